The molecule has 0 unspecified atom stereocenters. The van der Waals surface area contributed by atoms with Crippen LogP contribution in [-0.2, 0) is 0 Å². The lowest BCUT2D eigenvalue weighted by atomic mass is 10.2. The molecule has 2 rings (SSSR count). The van der Waals surface area contributed by atoms with E-state index >= 15 is 0 Å². The number of pyridine rings is 1. The van der Waals surface area contributed by atoms with Crippen LogP contribution in [0, 0.1) is 6.92 Å². The van der Waals surface area contributed by atoms with Crippen molar-refractivity contribution in [1.82, 2.24) is 15.0 Å². The van der Waals surface area contributed by atoms with E-state index in [0.717, 1.165) is 5.56 Å². The smallest absolute Gasteiger partial charge is 0.275 e. The van der Waals surface area contributed by atoms with Gasteiger partial charge < -0.3 is 5.32 Å². The number of aryl methyl sites for hydroxylation is 1. The molecule has 2 aromatic heterocycles. The van der Waals surface area contributed by atoms with E-state index in [-0.39, 0.29) is 5.91 Å². The summed E-state index contributed by atoms with van der Waals surface area (Å²) < 4.78 is 1.04. The van der Waals surface area contributed by atoms with Gasteiger partial charge in [0.25, 0.3) is 5.91 Å². The first kappa shape index (κ1) is 13.1. The van der Waals surface area contributed by atoms with Crippen molar-refractivity contribution in [2.45, 2.75) is 6.92 Å². The zero-order valence-corrected chi connectivity index (χ0v) is 12.5. The molecule has 18 heavy (non-hydrogen) atoms. The number of anilines is 1. The minimum atomic E-state index is -0.314. The van der Waals surface area contributed by atoms with Crippen LogP contribution in [0.4, 0.5) is 5.82 Å². The van der Waals surface area contributed by atoms with Crippen LogP contribution in [0.15, 0.2) is 33.7 Å². The molecule has 0 aliphatic heterocycles. The van der Waals surface area contributed by atoms with Gasteiger partial charge in [-0.15, -0.1) is 0 Å². The molecule has 0 aliphatic rings. The van der Waals surface area contributed by atoms with E-state index in [9.17, 15) is 4.79 Å². The average Bonchev–Trinajstić information content (AvgIpc) is 2.33. The van der Waals surface area contributed by atoms with Crippen molar-refractivity contribution in [1.29, 1.82) is 0 Å². The summed E-state index contributed by atoms with van der Waals surface area (Å²) in [6.45, 7) is 1.82. The van der Waals surface area contributed by atoms with Gasteiger partial charge in [0.2, 0.25) is 0 Å². The molecule has 7 heteroatoms. The van der Waals surface area contributed by atoms with Crippen LogP contribution in [0.1, 0.15) is 16.1 Å². The topological polar surface area (TPSA) is 67.8 Å². The SMILES string of the molecule is Cc1cccnc1C(=O)Nc1ncc(Br)nc1Br. The van der Waals surface area contributed by atoms with Crippen molar-refractivity contribution in [3.63, 3.8) is 0 Å². The molecule has 0 saturated carbocycles. The normalized spacial score (nSPS) is 10.2. The molecule has 2 aromatic rings. The number of amides is 1. The summed E-state index contributed by atoms with van der Waals surface area (Å²) in [6.07, 6.45) is 3.08. The van der Waals surface area contributed by atoms with Gasteiger partial charge in [-0.2, -0.15) is 0 Å². The highest BCUT2D eigenvalue weighted by molar-refractivity contribution is 9.11. The molecule has 0 aliphatic carbocycles. The highest BCUT2D eigenvalue weighted by atomic mass is 79.9. The third kappa shape index (κ3) is 2.91. The first-order valence-electron chi connectivity index (χ1n) is 4.99. The molecule has 1 amide bonds. The molecule has 0 bridgehead atoms. The summed E-state index contributed by atoms with van der Waals surface area (Å²) in [4.78, 5) is 24.2. The molecule has 0 atom stereocenters. The monoisotopic (exact) mass is 370 g/mol. The minimum absolute atomic E-state index is 0.314. The summed E-state index contributed by atoms with van der Waals surface area (Å²) in [7, 11) is 0. The number of halogens is 2. The molecule has 1 N–H and O–H groups in total. The predicted molar refractivity (Wildman–Crippen MR) is 74.4 cm³/mol. The van der Waals surface area contributed by atoms with Crippen molar-refractivity contribution in [2.24, 2.45) is 0 Å². The molecule has 2 heterocycles. The van der Waals surface area contributed by atoms with Crippen LogP contribution in [0.2, 0.25) is 0 Å². The Bertz CT molecular complexity index is 603. The molecule has 0 spiro atoms. The highest BCUT2D eigenvalue weighted by Crippen LogP contribution is 2.20. The number of nitrogens with zero attached hydrogens (tertiary/aromatic N) is 3. The molecule has 5 nitrogen and oxygen atoms in total. The number of aromatic nitrogens is 3. The van der Waals surface area contributed by atoms with Crippen molar-refractivity contribution < 1.29 is 4.79 Å². The zero-order chi connectivity index (χ0) is 13.1. The number of carbonyl (C=O) groups excluding carboxylic acids is 1. The van der Waals surface area contributed by atoms with E-state index in [2.05, 4.69) is 52.1 Å². The maximum Gasteiger partial charge on any atom is 0.275 e. The molecular formula is C11H8Br2N4O. The van der Waals surface area contributed by atoms with E-state index in [1.165, 1.54) is 6.20 Å². The van der Waals surface area contributed by atoms with Gasteiger partial charge in [0.15, 0.2) is 5.82 Å². The molecule has 92 valence electrons. The first-order valence-corrected chi connectivity index (χ1v) is 6.57. The first-order chi connectivity index (χ1) is 8.58. The van der Waals surface area contributed by atoms with Gasteiger partial charge in [0, 0.05) is 6.20 Å². The second-order valence-electron chi connectivity index (χ2n) is 3.46. The van der Waals surface area contributed by atoms with Gasteiger partial charge in [-0.3, -0.25) is 9.78 Å². The summed E-state index contributed by atoms with van der Waals surface area (Å²) >= 11 is 6.42. The van der Waals surface area contributed by atoms with Gasteiger partial charge in [-0.1, -0.05) is 6.07 Å². The van der Waals surface area contributed by atoms with E-state index in [1.54, 1.807) is 12.3 Å². The Hall–Kier alpha value is -1.34. The van der Waals surface area contributed by atoms with Crippen LogP contribution >= 0.6 is 31.9 Å². The van der Waals surface area contributed by atoms with Gasteiger partial charge in [0.05, 0.1) is 6.20 Å². The van der Waals surface area contributed by atoms with Gasteiger partial charge in [-0.25, -0.2) is 9.97 Å². The third-order valence-electron chi connectivity index (χ3n) is 2.16. The minimum Gasteiger partial charge on any atom is -0.303 e. The zero-order valence-electron chi connectivity index (χ0n) is 9.32. The lowest BCUT2D eigenvalue weighted by Crippen LogP contribution is -2.16. The second-order valence-corrected chi connectivity index (χ2v) is 5.02. The Balaban J connectivity index is 2.24. The Labute approximate surface area is 120 Å². The lowest BCUT2D eigenvalue weighted by Gasteiger charge is -2.06. The number of hydrogen-bond donors (Lipinski definition) is 1. The molecule has 0 radical (unpaired) electrons. The fourth-order valence-corrected chi connectivity index (χ4v) is 2.23. The fourth-order valence-electron chi connectivity index (χ4n) is 1.32. The Morgan fingerprint density at radius 1 is 1.33 bits per heavy atom. The van der Waals surface area contributed by atoms with Crippen LogP contribution < -0.4 is 5.32 Å². The van der Waals surface area contributed by atoms with Crippen LogP contribution in [0.5, 0.6) is 0 Å². The van der Waals surface area contributed by atoms with Gasteiger partial charge in [0.1, 0.15) is 14.9 Å². The van der Waals surface area contributed by atoms with E-state index in [1.807, 2.05) is 13.0 Å². The lowest BCUT2D eigenvalue weighted by molar-refractivity contribution is 0.102. The molecule has 0 fully saturated rings. The van der Waals surface area contributed by atoms with Crippen molar-refractivity contribution in [3.8, 4) is 0 Å². The van der Waals surface area contributed by atoms with Gasteiger partial charge >= 0.3 is 0 Å². The number of rotatable bonds is 2. The van der Waals surface area contributed by atoms with Crippen molar-refractivity contribution >= 4 is 43.6 Å². The standard InChI is InChI=1S/C11H8Br2N4O/c1-6-3-2-4-14-8(6)11(18)17-10-9(13)16-7(12)5-15-10/h2-5H,1H3,(H,15,17,18). The van der Waals surface area contributed by atoms with Crippen LogP contribution in [-0.4, -0.2) is 20.9 Å². The van der Waals surface area contributed by atoms with Crippen LogP contribution in [0.25, 0.3) is 0 Å². The van der Waals surface area contributed by atoms with Gasteiger partial charge in [-0.05, 0) is 50.4 Å². The number of nitrogens with one attached hydrogen (secondary N) is 1. The summed E-state index contributed by atoms with van der Waals surface area (Å²) in [5.74, 6) is 0.0404. The predicted octanol–water partition coefficient (Wildman–Crippen LogP) is 2.96. The highest BCUT2D eigenvalue weighted by Gasteiger charge is 2.13. The Morgan fingerprint density at radius 3 is 2.78 bits per heavy atom. The Morgan fingerprint density at radius 2 is 2.11 bits per heavy atom. The van der Waals surface area contributed by atoms with E-state index in [4.69, 9.17) is 0 Å². The number of carbonyl (C=O) groups is 1. The largest absolute Gasteiger partial charge is 0.303 e. The van der Waals surface area contributed by atoms with E-state index < -0.39 is 0 Å². The maximum atomic E-state index is 12.0. The summed E-state index contributed by atoms with van der Waals surface area (Å²) in [5, 5.41) is 2.65. The maximum absolute atomic E-state index is 12.0. The molecule has 0 aromatic carbocycles. The van der Waals surface area contributed by atoms with Crippen molar-refractivity contribution in [2.75, 3.05) is 5.32 Å². The summed E-state index contributed by atoms with van der Waals surface area (Å²) in [6, 6.07) is 3.60. The average molecular weight is 372 g/mol. The van der Waals surface area contributed by atoms with Crippen LogP contribution in [0.3, 0.4) is 0 Å². The van der Waals surface area contributed by atoms with Crippen molar-refractivity contribution in [3.05, 3.63) is 45.0 Å². The van der Waals surface area contributed by atoms with E-state index in [0.29, 0.717) is 20.7 Å². The molecular weight excluding hydrogens is 364 g/mol. The fraction of sp³-hybridized carbons (Fsp3) is 0.0909. The summed E-state index contributed by atoms with van der Waals surface area (Å²) in [5.41, 5.74) is 1.17. The third-order valence-corrected chi connectivity index (χ3v) is 3.09. The second kappa shape index (κ2) is 5.53. The quantitative estimate of drug-likeness (QED) is 0.881. The number of hydrogen-bond acceptors (Lipinski definition) is 4. The molecule has 0 saturated heterocycles. The Kier molecular flexibility index (Phi) is 4.03.